The number of nitrogens with one attached hydrogen (secondary N) is 2. The van der Waals surface area contributed by atoms with E-state index in [9.17, 15) is 0 Å². The van der Waals surface area contributed by atoms with Crippen molar-refractivity contribution < 1.29 is 4.42 Å². The summed E-state index contributed by atoms with van der Waals surface area (Å²) in [6.45, 7) is 0. The van der Waals surface area contributed by atoms with Crippen molar-refractivity contribution in [3.63, 3.8) is 0 Å². The van der Waals surface area contributed by atoms with Crippen LogP contribution >= 0.6 is 0 Å². The first-order valence-corrected chi connectivity index (χ1v) is 5.43. The standard InChI is InChI=1S/C7H6N2O.C4H3N5/c1-2-7(10-5-1)6-3-4-8-9-6;1-3-4(6-2-5-1)8-9-7-3/h1-5H,(H,8,9);1-2H,(H,5,6,7,8,9). The van der Waals surface area contributed by atoms with Gasteiger partial charge in [0.05, 0.1) is 12.5 Å². The van der Waals surface area contributed by atoms with Crippen LogP contribution in [0.5, 0.6) is 0 Å². The van der Waals surface area contributed by atoms with Gasteiger partial charge in [-0.25, -0.2) is 9.97 Å². The van der Waals surface area contributed by atoms with E-state index in [-0.39, 0.29) is 0 Å². The highest BCUT2D eigenvalue weighted by Crippen LogP contribution is 2.14. The van der Waals surface area contributed by atoms with Crippen LogP contribution in [-0.4, -0.2) is 35.6 Å². The molecule has 2 N–H and O–H groups in total. The third-order valence-electron chi connectivity index (χ3n) is 2.29. The molecule has 0 aliphatic carbocycles. The van der Waals surface area contributed by atoms with Gasteiger partial charge in [-0.1, -0.05) is 0 Å². The first-order valence-electron chi connectivity index (χ1n) is 5.43. The Bertz CT molecular complexity index is 667. The molecule has 0 atom stereocenters. The zero-order valence-corrected chi connectivity index (χ0v) is 9.69. The fourth-order valence-electron chi connectivity index (χ4n) is 1.43. The van der Waals surface area contributed by atoms with E-state index >= 15 is 0 Å². The summed E-state index contributed by atoms with van der Waals surface area (Å²) in [5.74, 6) is 0.817. The molecule has 0 aliphatic heterocycles. The van der Waals surface area contributed by atoms with Crippen LogP contribution in [0.25, 0.3) is 22.6 Å². The Balaban J connectivity index is 0.000000117. The Labute approximate surface area is 106 Å². The third kappa shape index (κ3) is 2.46. The molecule has 0 saturated heterocycles. The van der Waals surface area contributed by atoms with Crippen molar-refractivity contribution in [2.24, 2.45) is 0 Å². The second-order valence-corrected chi connectivity index (χ2v) is 3.50. The number of hydrogen-bond donors (Lipinski definition) is 2. The Morgan fingerprint density at radius 2 is 2.16 bits per heavy atom. The van der Waals surface area contributed by atoms with Crippen molar-refractivity contribution in [1.29, 1.82) is 0 Å². The van der Waals surface area contributed by atoms with E-state index in [1.807, 2.05) is 18.2 Å². The van der Waals surface area contributed by atoms with Gasteiger partial charge in [-0.15, -0.1) is 5.10 Å². The highest BCUT2D eigenvalue weighted by Gasteiger charge is 1.98. The van der Waals surface area contributed by atoms with Crippen LogP contribution in [0.3, 0.4) is 0 Å². The normalized spacial score (nSPS) is 10.1. The van der Waals surface area contributed by atoms with E-state index in [4.69, 9.17) is 4.42 Å². The molecule has 0 aromatic carbocycles. The minimum absolute atomic E-state index is 0.602. The summed E-state index contributed by atoms with van der Waals surface area (Å²) in [4.78, 5) is 7.58. The van der Waals surface area contributed by atoms with Gasteiger partial charge in [0.2, 0.25) is 5.65 Å². The van der Waals surface area contributed by atoms with Gasteiger partial charge in [0.25, 0.3) is 0 Å². The molecule has 0 bridgehead atoms. The van der Waals surface area contributed by atoms with Crippen LogP contribution < -0.4 is 0 Å². The molecule has 4 heterocycles. The van der Waals surface area contributed by atoms with Gasteiger partial charge in [-0.05, 0) is 18.2 Å². The number of fused-ring (bicyclic) bond motifs is 1. The molecular weight excluding hydrogens is 246 g/mol. The monoisotopic (exact) mass is 255 g/mol. The molecule has 0 spiro atoms. The van der Waals surface area contributed by atoms with Crippen molar-refractivity contribution in [3.8, 4) is 11.5 Å². The number of furan rings is 1. The molecule has 0 aliphatic rings. The molecule has 0 radical (unpaired) electrons. The van der Waals surface area contributed by atoms with Crippen LogP contribution in [0.1, 0.15) is 0 Å². The van der Waals surface area contributed by atoms with E-state index in [0.29, 0.717) is 11.2 Å². The highest BCUT2D eigenvalue weighted by molar-refractivity contribution is 5.66. The maximum Gasteiger partial charge on any atom is 0.204 e. The summed E-state index contributed by atoms with van der Waals surface area (Å²) in [6.07, 6.45) is 6.37. The molecule has 8 nitrogen and oxygen atoms in total. The summed E-state index contributed by atoms with van der Waals surface area (Å²) in [5, 5.41) is 16.5. The van der Waals surface area contributed by atoms with E-state index < -0.39 is 0 Å². The van der Waals surface area contributed by atoms with E-state index in [1.165, 1.54) is 6.33 Å². The number of hydrogen-bond acceptors (Lipinski definition) is 6. The van der Waals surface area contributed by atoms with E-state index in [2.05, 4.69) is 35.6 Å². The van der Waals surface area contributed by atoms with Crippen LogP contribution in [0.4, 0.5) is 0 Å². The Hall–Kier alpha value is -3.03. The SMILES string of the molecule is c1coc(-c2ccn[nH]2)c1.c1ncc2n[nH]nc2n1. The van der Waals surface area contributed by atoms with Crippen LogP contribution in [0.2, 0.25) is 0 Å². The van der Waals surface area contributed by atoms with Crippen molar-refractivity contribution in [2.45, 2.75) is 0 Å². The minimum Gasteiger partial charge on any atom is -0.463 e. The van der Waals surface area contributed by atoms with Crippen molar-refractivity contribution in [1.82, 2.24) is 35.6 Å². The van der Waals surface area contributed by atoms with E-state index in [1.54, 1.807) is 18.7 Å². The van der Waals surface area contributed by atoms with Gasteiger partial charge in [0, 0.05) is 6.20 Å². The van der Waals surface area contributed by atoms with Gasteiger partial charge >= 0.3 is 0 Å². The van der Waals surface area contributed by atoms with Crippen molar-refractivity contribution in [2.75, 3.05) is 0 Å². The molecule has 19 heavy (non-hydrogen) atoms. The number of H-pyrrole nitrogens is 2. The summed E-state index contributed by atoms with van der Waals surface area (Å²) in [5.41, 5.74) is 2.20. The second-order valence-electron chi connectivity index (χ2n) is 3.50. The average Bonchev–Trinajstić information content (AvgIpc) is 3.20. The maximum atomic E-state index is 5.11. The molecule has 4 rings (SSSR count). The maximum absolute atomic E-state index is 5.11. The summed E-state index contributed by atoms with van der Waals surface area (Å²) in [7, 11) is 0. The molecule has 0 fully saturated rings. The first kappa shape index (κ1) is 11.1. The smallest absolute Gasteiger partial charge is 0.204 e. The predicted molar refractivity (Wildman–Crippen MR) is 65.8 cm³/mol. The van der Waals surface area contributed by atoms with Gasteiger partial charge in [0.15, 0.2) is 5.76 Å². The minimum atomic E-state index is 0.602. The summed E-state index contributed by atoms with van der Waals surface area (Å²) in [6, 6.07) is 5.59. The summed E-state index contributed by atoms with van der Waals surface area (Å²) >= 11 is 0. The van der Waals surface area contributed by atoms with Crippen molar-refractivity contribution in [3.05, 3.63) is 43.2 Å². The Morgan fingerprint density at radius 1 is 1.16 bits per heavy atom. The number of nitrogens with zero attached hydrogens (tertiary/aromatic N) is 5. The van der Waals surface area contributed by atoms with Crippen LogP contribution in [0.15, 0.2) is 47.6 Å². The summed E-state index contributed by atoms with van der Waals surface area (Å²) < 4.78 is 5.11. The Kier molecular flexibility index (Phi) is 2.97. The molecule has 0 amide bonds. The van der Waals surface area contributed by atoms with Crippen molar-refractivity contribution >= 4 is 11.2 Å². The van der Waals surface area contributed by atoms with Gasteiger partial charge in [0.1, 0.15) is 17.5 Å². The fraction of sp³-hybridized carbons (Fsp3) is 0. The highest BCUT2D eigenvalue weighted by atomic mass is 16.3. The molecule has 4 aromatic rings. The zero-order valence-electron chi connectivity index (χ0n) is 9.69. The molecule has 94 valence electrons. The van der Waals surface area contributed by atoms with Gasteiger partial charge < -0.3 is 4.42 Å². The number of aromatic amines is 2. The second kappa shape index (κ2) is 5.08. The fourth-order valence-corrected chi connectivity index (χ4v) is 1.43. The first-order chi connectivity index (χ1) is 9.43. The lowest BCUT2D eigenvalue weighted by Gasteiger charge is -1.85. The van der Waals surface area contributed by atoms with E-state index in [0.717, 1.165) is 11.5 Å². The van der Waals surface area contributed by atoms with Crippen LogP contribution in [0, 0.1) is 0 Å². The molecule has 0 unspecified atom stereocenters. The third-order valence-corrected chi connectivity index (χ3v) is 2.29. The molecule has 0 saturated carbocycles. The van der Waals surface area contributed by atoms with Gasteiger partial charge in [-0.3, -0.25) is 5.10 Å². The molecule has 8 heteroatoms. The predicted octanol–water partition coefficient (Wildman–Crippen LogP) is 1.42. The topological polar surface area (TPSA) is 109 Å². The quantitative estimate of drug-likeness (QED) is 0.532. The lowest BCUT2D eigenvalue weighted by Crippen LogP contribution is -1.76. The Morgan fingerprint density at radius 3 is 2.89 bits per heavy atom. The lowest BCUT2D eigenvalue weighted by molar-refractivity contribution is 0.580. The molecule has 4 aromatic heterocycles. The average molecular weight is 255 g/mol. The largest absolute Gasteiger partial charge is 0.463 e. The number of rotatable bonds is 1. The lowest BCUT2D eigenvalue weighted by atomic mass is 10.3. The zero-order chi connectivity index (χ0) is 12.9. The van der Waals surface area contributed by atoms with Gasteiger partial charge in [-0.2, -0.15) is 15.4 Å². The van der Waals surface area contributed by atoms with Crippen LogP contribution in [-0.2, 0) is 0 Å². The number of aromatic nitrogens is 7. The molecular formula is C11H9N7O.